The Morgan fingerprint density at radius 3 is 2.58 bits per heavy atom. The Kier molecular flexibility index (Phi) is 5.02. The summed E-state index contributed by atoms with van der Waals surface area (Å²) in [6, 6.07) is 13.9. The van der Waals surface area contributed by atoms with Crippen molar-refractivity contribution < 1.29 is 4.74 Å². The van der Waals surface area contributed by atoms with Gasteiger partial charge < -0.3 is 10.5 Å². The highest BCUT2D eigenvalue weighted by Gasteiger charge is 2.13. The van der Waals surface area contributed by atoms with E-state index in [0.717, 1.165) is 32.2 Å². The molecule has 0 saturated carbocycles. The van der Waals surface area contributed by atoms with Gasteiger partial charge in [0.2, 0.25) is 0 Å². The molecule has 2 rings (SSSR count). The summed E-state index contributed by atoms with van der Waals surface area (Å²) in [5.41, 5.74) is 8.51. The number of methoxy groups -OCH3 is 1. The fraction of sp³-hybridized carbons (Fsp3) is 0.200. The van der Waals surface area contributed by atoms with Gasteiger partial charge in [-0.15, -0.1) is 0 Å². The van der Waals surface area contributed by atoms with E-state index in [1.165, 1.54) is 0 Å². The highest BCUT2D eigenvalue weighted by molar-refractivity contribution is 9.11. The van der Waals surface area contributed by atoms with Crippen molar-refractivity contribution in [3.8, 4) is 5.75 Å². The predicted octanol–water partition coefficient (Wildman–Crippen LogP) is 4.46. The lowest BCUT2D eigenvalue weighted by atomic mass is 9.99. The van der Waals surface area contributed by atoms with Gasteiger partial charge in [-0.2, -0.15) is 0 Å². The van der Waals surface area contributed by atoms with Crippen molar-refractivity contribution >= 4 is 31.9 Å². The summed E-state index contributed by atoms with van der Waals surface area (Å²) in [5.74, 6) is 0.881. The van der Waals surface area contributed by atoms with Crippen LogP contribution in [0.5, 0.6) is 5.75 Å². The molecule has 0 amide bonds. The second-order valence-corrected chi connectivity index (χ2v) is 6.06. The molecular weight excluding hydrogens is 370 g/mol. The fourth-order valence-corrected chi connectivity index (χ4v) is 3.36. The van der Waals surface area contributed by atoms with Crippen LogP contribution in [0, 0.1) is 0 Å². The van der Waals surface area contributed by atoms with Gasteiger partial charge in [0.15, 0.2) is 0 Å². The Morgan fingerprint density at radius 1 is 1.16 bits per heavy atom. The summed E-state index contributed by atoms with van der Waals surface area (Å²) in [5, 5.41) is 0. The van der Waals surface area contributed by atoms with E-state index in [1.54, 1.807) is 7.11 Å². The van der Waals surface area contributed by atoms with Crippen molar-refractivity contribution in [1.29, 1.82) is 0 Å². The molecule has 0 heterocycles. The lowest BCUT2D eigenvalue weighted by molar-refractivity contribution is 0.408. The first-order valence-electron chi connectivity index (χ1n) is 5.94. The second-order valence-electron chi connectivity index (χ2n) is 4.29. The van der Waals surface area contributed by atoms with E-state index in [0.29, 0.717) is 0 Å². The Labute approximate surface area is 130 Å². The van der Waals surface area contributed by atoms with Gasteiger partial charge in [-0.25, -0.2) is 0 Å². The standard InChI is InChI=1S/C15H15Br2NO/c1-19-15-5-3-2-4-10(15)8-14(18)12-7-6-11(16)9-13(12)17/h2-7,9,14H,8,18H2,1H3. The summed E-state index contributed by atoms with van der Waals surface area (Å²) in [7, 11) is 1.68. The SMILES string of the molecule is COc1ccccc1CC(N)c1ccc(Br)cc1Br. The van der Waals surface area contributed by atoms with Crippen LogP contribution in [-0.4, -0.2) is 7.11 Å². The monoisotopic (exact) mass is 383 g/mol. The molecule has 0 aliphatic heterocycles. The zero-order valence-electron chi connectivity index (χ0n) is 10.6. The van der Waals surface area contributed by atoms with E-state index < -0.39 is 0 Å². The Balaban J connectivity index is 2.23. The lowest BCUT2D eigenvalue weighted by Gasteiger charge is -2.16. The van der Waals surface area contributed by atoms with Crippen LogP contribution < -0.4 is 10.5 Å². The number of rotatable bonds is 4. The summed E-state index contributed by atoms with van der Waals surface area (Å²) in [4.78, 5) is 0. The summed E-state index contributed by atoms with van der Waals surface area (Å²) in [6.07, 6.45) is 0.740. The summed E-state index contributed by atoms with van der Waals surface area (Å²) in [6.45, 7) is 0. The highest BCUT2D eigenvalue weighted by Crippen LogP contribution is 2.29. The third-order valence-electron chi connectivity index (χ3n) is 2.99. The van der Waals surface area contributed by atoms with Crippen molar-refractivity contribution in [3.05, 3.63) is 62.5 Å². The van der Waals surface area contributed by atoms with Gasteiger partial charge >= 0.3 is 0 Å². The Hall–Kier alpha value is -0.840. The van der Waals surface area contributed by atoms with Crippen molar-refractivity contribution in [2.75, 3.05) is 7.11 Å². The number of benzene rings is 2. The number of hydrogen-bond acceptors (Lipinski definition) is 2. The first-order chi connectivity index (χ1) is 9.11. The quantitative estimate of drug-likeness (QED) is 0.844. The lowest BCUT2D eigenvalue weighted by Crippen LogP contribution is -2.14. The predicted molar refractivity (Wildman–Crippen MR) is 85.5 cm³/mol. The molecule has 0 spiro atoms. The van der Waals surface area contributed by atoms with E-state index >= 15 is 0 Å². The summed E-state index contributed by atoms with van der Waals surface area (Å²) < 4.78 is 7.41. The normalized spacial score (nSPS) is 12.2. The molecule has 0 aliphatic carbocycles. The molecule has 4 heteroatoms. The maximum absolute atomic E-state index is 6.30. The first-order valence-corrected chi connectivity index (χ1v) is 7.53. The number of halogens is 2. The van der Waals surface area contributed by atoms with Gasteiger partial charge in [0, 0.05) is 15.0 Å². The summed E-state index contributed by atoms with van der Waals surface area (Å²) >= 11 is 7.00. The van der Waals surface area contributed by atoms with Gasteiger partial charge in [-0.1, -0.05) is 56.1 Å². The zero-order valence-corrected chi connectivity index (χ0v) is 13.7. The third kappa shape index (κ3) is 3.59. The van der Waals surface area contributed by atoms with Crippen LogP contribution in [0.3, 0.4) is 0 Å². The van der Waals surface area contributed by atoms with Gasteiger partial charge in [0.05, 0.1) is 7.11 Å². The minimum absolute atomic E-state index is 0.0706. The topological polar surface area (TPSA) is 35.2 Å². The van der Waals surface area contributed by atoms with Gasteiger partial charge in [0.1, 0.15) is 5.75 Å². The maximum atomic E-state index is 6.30. The van der Waals surface area contributed by atoms with Crippen LogP contribution in [0.4, 0.5) is 0 Å². The molecule has 0 radical (unpaired) electrons. The van der Waals surface area contributed by atoms with E-state index in [1.807, 2.05) is 42.5 Å². The molecule has 0 fully saturated rings. The van der Waals surface area contributed by atoms with Crippen molar-refractivity contribution in [2.45, 2.75) is 12.5 Å². The molecule has 100 valence electrons. The van der Waals surface area contributed by atoms with Crippen molar-refractivity contribution in [1.82, 2.24) is 0 Å². The second kappa shape index (κ2) is 6.55. The number of ether oxygens (including phenoxy) is 1. The molecule has 0 aromatic heterocycles. The number of hydrogen-bond donors (Lipinski definition) is 1. The van der Waals surface area contributed by atoms with Crippen LogP contribution >= 0.6 is 31.9 Å². The van der Waals surface area contributed by atoms with E-state index in [4.69, 9.17) is 10.5 Å². The smallest absolute Gasteiger partial charge is 0.122 e. The molecule has 19 heavy (non-hydrogen) atoms. The Morgan fingerprint density at radius 2 is 1.89 bits per heavy atom. The van der Waals surface area contributed by atoms with Crippen LogP contribution in [0.25, 0.3) is 0 Å². The molecule has 1 unspecified atom stereocenters. The molecule has 2 aromatic carbocycles. The minimum Gasteiger partial charge on any atom is -0.496 e. The van der Waals surface area contributed by atoms with Gasteiger partial charge in [-0.3, -0.25) is 0 Å². The van der Waals surface area contributed by atoms with Crippen LogP contribution in [0.15, 0.2) is 51.4 Å². The first kappa shape index (κ1) is 14.6. The minimum atomic E-state index is -0.0706. The Bertz CT molecular complexity index is 572. The molecule has 2 aromatic rings. The van der Waals surface area contributed by atoms with Crippen molar-refractivity contribution in [3.63, 3.8) is 0 Å². The third-order valence-corrected chi connectivity index (χ3v) is 4.17. The zero-order chi connectivity index (χ0) is 13.8. The number of nitrogens with two attached hydrogens (primary N) is 1. The van der Waals surface area contributed by atoms with Crippen molar-refractivity contribution in [2.24, 2.45) is 5.73 Å². The molecule has 2 N–H and O–H groups in total. The van der Waals surface area contributed by atoms with Gasteiger partial charge in [0.25, 0.3) is 0 Å². The molecule has 1 atom stereocenters. The molecule has 0 bridgehead atoms. The number of para-hydroxylation sites is 1. The molecule has 0 aliphatic rings. The van der Waals surface area contributed by atoms with Crippen LogP contribution in [0.2, 0.25) is 0 Å². The van der Waals surface area contributed by atoms with Crippen LogP contribution in [-0.2, 0) is 6.42 Å². The fourth-order valence-electron chi connectivity index (χ4n) is 2.02. The van der Waals surface area contributed by atoms with Gasteiger partial charge in [-0.05, 0) is 35.7 Å². The average Bonchev–Trinajstić information content (AvgIpc) is 2.39. The van der Waals surface area contributed by atoms with E-state index in [-0.39, 0.29) is 6.04 Å². The average molecular weight is 385 g/mol. The highest BCUT2D eigenvalue weighted by atomic mass is 79.9. The molecular formula is C15H15Br2NO. The molecule has 0 saturated heterocycles. The van der Waals surface area contributed by atoms with E-state index in [9.17, 15) is 0 Å². The largest absolute Gasteiger partial charge is 0.496 e. The maximum Gasteiger partial charge on any atom is 0.122 e. The van der Waals surface area contributed by atoms with Crippen LogP contribution in [0.1, 0.15) is 17.2 Å². The molecule has 2 nitrogen and oxygen atoms in total. The van der Waals surface area contributed by atoms with E-state index in [2.05, 4.69) is 31.9 Å².